The second-order valence-electron chi connectivity index (χ2n) is 5.11. The highest BCUT2D eigenvalue weighted by molar-refractivity contribution is 6.04. The first-order chi connectivity index (χ1) is 9.49. The van der Waals surface area contributed by atoms with E-state index >= 15 is 0 Å². The maximum atomic E-state index is 11.9. The van der Waals surface area contributed by atoms with E-state index in [0.717, 1.165) is 16.9 Å². The predicted octanol–water partition coefficient (Wildman–Crippen LogP) is 1.87. The van der Waals surface area contributed by atoms with Crippen LogP contribution in [0.5, 0.6) is 5.75 Å². The smallest absolute Gasteiger partial charge is 0.319 e. The fourth-order valence-corrected chi connectivity index (χ4v) is 2.11. The number of aliphatic carboxylic acids is 1. The molecule has 2 rings (SSSR count). The van der Waals surface area contributed by atoms with E-state index in [2.05, 4.69) is 5.32 Å². The Morgan fingerprint density at radius 1 is 1.40 bits per heavy atom. The van der Waals surface area contributed by atoms with Crippen molar-refractivity contribution < 1.29 is 19.4 Å². The number of hydrogen-bond donors (Lipinski definition) is 2. The molecule has 1 saturated carbocycles. The number of nitrogens with one attached hydrogen (secondary N) is 1. The van der Waals surface area contributed by atoms with Gasteiger partial charge in [0.05, 0.1) is 6.61 Å². The highest BCUT2D eigenvalue weighted by Gasteiger charge is 2.56. The number of carboxylic acid groups (broad SMARTS) is 1. The van der Waals surface area contributed by atoms with Crippen LogP contribution in [-0.4, -0.2) is 23.6 Å². The molecular formula is C15H19NO4. The molecule has 0 aliphatic heterocycles. The Morgan fingerprint density at radius 3 is 2.65 bits per heavy atom. The van der Waals surface area contributed by atoms with E-state index < -0.39 is 17.3 Å². The first-order valence-corrected chi connectivity index (χ1v) is 6.73. The lowest BCUT2D eigenvalue weighted by Gasteiger charge is -2.14. The summed E-state index contributed by atoms with van der Waals surface area (Å²) < 4.78 is 5.53. The summed E-state index contributed by atoms with van der Waals surface area (Å²) in [6.07, 6.45) is 0.834. The summed E-state index contributed by atoms with van der Waals surface area (Å²) in [5.41, 5.74) is 0.732. The van der Waals surface area contributed by atoms with Gasteiger partial charge in [-0.05, 0) is 38.3 Å². The van der Waals surface area contributed by atoms with Crippen LogP contribution in [0.25, 0.3) is 0 Å². The summed E-state index contributed by atoms with van der Waals surface area (Å²) in [6.45, 7) is 4.69. The van der Waals surface area contributed by atoms with E-state index in [4.69, 9.17) is 9.84 Å². The SMILES string of the molecule is CCOc1cc(C)ccc1CNC(=O)C1(C(=O)O)CC1. The number of hydrogen-bond acceptors (Lipinski definition) is 3. The minimum Gasteiger partial charge on any atom is -0.494 e. The van der Waals surface area contributed by atoms with Crippen LogP contribution >= 0.6 is 0 Å². The van der Waals surface area contributed by atoms with Gasteiger partial charge < -0.3 is 15.2 Å². The molecule has 108 valence electrons. The fourth-order valence-electron chi connectivity index (χ4n) is 2.11. The molecule has 1 aromatic rings. The Labute approximate surface area is 117 Å². The van der Waals surface area contributed by atoms with E-state index in [-0.39, 0.29) is 6.54 Å². The van der Waals surface area contributed by atoms with Crippen LogP contribution in [0.4, 0.5) is 0 Å². The minimum atomic E-state index is -1.20. The lowest BCUT2D eigenvalue weighted by molar-refractivity contribution is -0.149. The number of rotatable bonds is 6. The molecule has 5 nitrogen and oxygen atoms in total. The van der Waals surface area contributed by atoms with Gasteiger partial charge in [-0.1, -0.05) is 12.1 Å². The Hall–Kier alpha value is -2.04. The summed E-state index contributed by atoms with van der Waals surface area (Å²) >= 11 is 0. The molecule has 0 spiro atoms. The molecular weight excluding hydrogens is 258 g/mol. The van der Waals surface area contributed by atoms with Gasteiger partial charge in [-0.25, -0.2) is 0 Å². The van der Waals surface area contributed by atoms with Crippen molar-refractivity contribution in [3.63, 3.8) is 0 Å². The molecule has 20 heavy (non-hydrogen) atoms. The Balaban J connectivity index is 2.04. The third-order valence-corrected chi connectivity index (χ3v) is 3.56. The number of aryl methyl sites for hydroxylation is 1. The van der Waals surface area contributed by atoms with Crippen LogP contribution in [-0.2, 0) is 16.1 Å². The monoisotopic (exact) mass is 277 g/mol. The standard InChI is InChI=1S/C15H19NO4/c1-3-20-12-8-10(2)4-5-11(12)9-16-13(17)15(6-7-15)14(18)19/h4-5,8H,3,6-7,9H2,1-2H3,(H,16,17)(H,18,19). The van der Waals surface area contributed by atoms with Gasteiger partial charge in [-0.15, -0.1) is 0 Å². The fraction of sp³-hybridized carbons (Fsp3) is 0.467. The van der Waals surface area contributed by atoms with Crippen molar-refractivity contribution in [2.45, 2.75) is 33.2 Å². The van der Waals surface area contributed by atoms with Crippen molar-refractivity contribution in [2.24, 2.45) is 5.41 Å². The molecule has 0 aromatic heterocycles. The number of carboxylic acids is 1. The molecule has 0 heterocycles. The number of carbonyl (C=O) groups is 2. The van der Waals surface area contributed by atoms with E-state index in [1.165, 1.54) is 0 Å². The summed E-state index contributed by atoms with van der Waals surface area (Å²) in [6, 6.07) is 5.74. The molecule has 1 aromatic carbocycles. The van der Waals surface area contributed by atoms with Crippen molar-refractivity contribution >= 4 is 11.9 Å². The van der Waals surface area contributed by atoms with E-state index in [1.54, 1.807) is 0 Å². The summed E-state index contributed by atoms with van der Waals surface area (Å²) in [4.78, 5) is 23.0. The summed E-state index contributed by atoms with van der Waals surface area (Å²) in [5, 5.41) is 11.8. The van der Waals surface area contributed by atoms with E-state index in [1.807, 2.05) is 32.0 Å². The third-order valence-electron chi connectivity index (χ3n) is 3.56. The zero-order chi connectivity index (χ0) is 14.8. The second kappa shape index (κ2) is 5.53. The minimum absolute atomic E-state index is 0.281. The van der Waals surface area contributed by atoms with Gasteiger partial charge in [0.1, 0.15) is 11.2 Å². The van der Waals surface area contributed by atoms with Crippen LogP contribution in [0.1, 0.15) is 30.9 Å². The molecule has 1 aliphatic carbocycles. The second-order valence-corrected chi connectivity index (χ2v) is 5.11. The summed E-state index contributed by atoms with van der Waals surface area (Å²) in [5.74, 6) is -0.718. The van der Waals surface area contributed by atoms with Gasteiger partial charge in [0.2, 0.25) is 5.91 Å². The summed E-state index contributed by atoms with van der Waals surface area (Å²) in [7, 11) is 0. The normalized spacial score (nSPS) is 15.5. The average molecular weight is 277 g/mol. The Bertz CT molecular complexity index is 535. The topological polar surface area (TPSA) is 75.6 Å². The van der Waals surface area contributed by atoms with Crippen LogP contribution < -0.4 is 10.1 Å². The average Bonchev–Trinajstić information content (AvgIpc) is 3.19. The van der Waals surface area contributed by atoms with Gasteiger partial charge in [0.25, 0.3) is 0 Å². The lowest BCUT2D eigenvalue weighted by Crippen LogP contribution is -2.36. The number of ether oxygens (including phenoxy) is 1. The highest BCUT2D eigenvalue weighted by atomic mass is 16.5. The number of benzene rings is 1. The van der Waals surface area contributed by atoms with Gasteiger partial charge >= 0.3 is 5.97 Å². The molecule has 1 amide bonds. The molecule has 1 aliphatic rings. The van der Waals surface area contributed by atoms with Crippen molar-refractivity contribution in [3.8, 4) is 5.75 Å². The van der Waals surface area contributed by atoms with Crippen molar-refractivity contribution in [2.75, 3.05) is 6.61 Å². The quantitative estimate of drug-likeness (QED) is 0.778. The molecule has 1 fully saturated rings. The van der Waals surface area contributed by atoms with Crippen molar-refractivity contribution in [1.82, 2.24) is 5.32 Å². The molecule has 0 bridgehead atoms. The first kappa shape index (κ1) is 14.4. The highest BCUT2D eigenvalue weighted by Crippen LogP contribution is 2.46. The van der Waals surface area contributed by atoms with Crippen LogP contribution in [0.15, 0.2) is 18.2 Å². The molecule has 0 unspecified atom stereocenters. The maximum Gasteiger partial charge on any atom is 0.319 e. The van der Waals surface area contributed by atoms with Crippen molar-refractivity contribution in [1.29, 1.82) is 0 Å². The van der Waals surface area contributed by atoms with Gasteiger partial charge in [-0.3, -0.25) is 9.59 Å². The predicted molar refractivity (Wildman–Crippen MR) is 73.5 cm³/mol. The van der Waals surface area contributed by atoms with Crippen LogP contribution in [0, 0.1) is 12.3 Å². The molecule has 0 atom stereocenters. The number of amides is 1. The zero-order valence-corrected chi connectivity index (χ0v) is 11.7. The van der Waals surface area contributed by atoms with E-state index in [9.17, 15) is 9.59 Å². The number of carbonyl (C=O) groups excluding carboxylic acids is 1. The largest absolute Gasteiger partial charge is 0.494 e. The molecule has 2 N–H and O–H groups in total. The van der Waals surface area contributed by atoms with Crippen molar-refractivity contribution in [3.05, 3.63) is 29.3 Å². The van der Waals surface area contributed by atoms with Gasteiger partial charge in [0, 0.05) is 12.1 Å². The first-order valence-electron chi connectivity index (χ1n) is 6.73. The Morgan fingerprint density at radius 2 is 2.10 bits per heavy atom. The van der Waals surface area contributed by atoms with E-state index in [0.29, 0.717) is 19.4 Å². The van der Waals surface area contributed by atoms with Crippen LogP contribution in [0.3, 0.4) is 0 Å². The van der Waals surface area contributed by atoms with Crippen LogP contribution in [0.2, 0.25) is 0 Å². The Kier molecular flexibility index (Phi) is 3.97. The van der Waals surface area contributed by atoms with Gasteiger partial charge in [0.15, 0.2) is 0 Å². The molecule has 0 saturated heterocycles. The third kappa shape index (κ3) is 2.76. The lowest BCUT2D eigenvalue weighted by atomic mass is 10.1. The molecule has 5 heteroatoms. The van der Waals surface area contributed by atoms with Gasteiger partial charge in [-0.2, -0.15) is 0 Å². The maximum absolute atomic E-state index is 11.9. The molecule has 0 radical (unpaired) electrons. The zero-order valence-electron chi connectivity index (χ0n) is 11.7.